The van der Waals surface area contributed by atoms with Gasteiger partial charge in [0, 0.05) is 0 Å². The Bertz CT molecular complexity index is 193. The van der Waals surface area contributed by atoms with E-state index in [0.717, 1.165) is 6.42 Å². The zero-order valence-corrected chi connectivity index (χ0v) is 7.74. The third-order valence-electron chi connectivity index (χ3n) is 1.82. The minimum Gasteiger partial charge on any atom is -0.480 e. The van der Waals surface area contributed by atoms with Crippen molar-refractivity contribution in [1.82, 2.24) is 0 Å². The maximum Gasteiger partial charge on any atom is 0.321 e. The van der Waals surface area contributed by atoms with Crippen LogP contribution < -0.4 is 0 Å². The second kappa shape index (κ2) is 4.76. The van der Waals surface area contributed by atoms with Crippen molar-refractivity contribution in [3.63, 3.8) is 0 Å². The van der Waals surface area contributed by atoms with Gasteiger partial charge in [-0.3, -0.25) is 4.79 Å². The molecular weight excluding hydrogens is 154 g/mol. The van der Waals surface area contributed by atoms with E-state index in [4.69, 9.17) is 10.4 Å². The van der Waals surface area contributed by atoms with E-state index >= 15 is 0 Å². The van der Waals surface area contributed by atoms with Gasteiger partial charge in [0.1, 0.15) is 5.92 Å². The summed E-state index contributed by atoms with van der Waals surface area (Å²) in [5, 5.41) is 17.2. The molecule has 3 nitrogen and oxygen atoms in total. The molecule has 0 radical (unpaired) electrons. The molecule has 0 aliphatic heterocycles. The fourth-order valence-electron chi connectivity index (χ4n) is 1.31. The van der Waals surface area contributed by atoms with Crippen molar-refractivity contribution >= 4 is 5.97 Å². The van der Waals surface area contributed by atoms with Crippen LogP contribution in [-0.4, -0.2) is 11.1 Å². The number of nitrogens with zero attached hydrogens (tertiary/aromatic N) is 1. The first-order valence-electron chi connectivity index (χ1n) is 4.11. The van der Waals surface area contributed by atoms with Gasteiger partial charge in [-0.25, -0.2) is 0 Å². The van der Waals surface area contributed by atoms with Crippen molar-refractivity contribution in [2.24, 2.45) is 17.8 Å². The summed E-state index contributed by atoms with van der Waals surface area (Å²) in [6.45, 7) is 5.85. The van der Waals surface area contributed by atoms with Crippen LogP contribution in [0.5, 0.6) is 0 Å². The zero-order chi connectivity index (χ0) is 9.72. The van der Waals surface area contributed by atoms with Crippen LogP contribution in [0.3, 0.4) is 0 Å². The van der Waals surface area contributed by atoms with Crippen LogP contribution in [-0.2, 0) is 4.79 Å². The lowest BCUT2D eigenvalue weighted by atomic mass is 9.88. The topological polar surface area (TPSA) is 61.1 Å². The van der Waals surface area contributed by atoms with E-state index in [1.165, 1.54) is 0 Å². The maximum atomic E-state index is 10.5. The van der Waals surface area contributed by atoms with Crippen molar-refractivity contribution in [2.45, 2.75) is 27.2 Å². The van der Waals surface area contributed by atoms with E-state index in [1.54, 1.807) is 0 Å². The van der Waals surface area contributed by atoms with Crippen molar-refractivity contribution in [2.75, 3.05) is 0 Å². The molecule has 0 rings (SSSR count). The summed E-state index contributed by atoms with van der Waals surface area (Å²) >= 11 is 0. The van der Waals surface area contributed by atoms with Gasteiger partial charge in [-0.15, -0.1) is 0 Å². The average Bonchev–Trinajstić information content (AvgIpc) is 1.85. The molecule has 0 aliphatic carbocycles. The van der Waals surface area contributed by atoms with Crippen LogP contribution in [0.2, 0.25) is 0 Å². The van der Waals surface area contributed by atoms with E-state index in [0.29, 0.717) is 5.92 Å². The average molecular weight is 169 g/mol. The Balaban J connectivity index is 4.15. The van der Waals surface area contributed by atoms with E-state index < -0.39 is 11.9 Å². The Hall–Kier alpha value is -1.04. The molecule has 1 N–H and O–H groups in total. The molecule has 68 valence electrons. The summed E-state index contributed by atoms with van der Waals surface area (Å²) in [6.07, 6.45) is 0.782. The van der Waals surface area contributed by atoms with Crippen molar-refractivity contribution in [3.8, 4) is 6.07 Å². The number of hydrogen-bond acceptors (Lipinski definition) is 2. The highest BCUT2D eigenvalue weighted by atomic mass is 16.4. The van der Waals surface area contributed by atoms with Crippen LogP contribution in [0.25, 0.3) is 0 Å². The molecule has 0 aromatic carbocycles. The highest BCUT2D eigenvalue weighted by molar-refractivity contribution is 5.73. The zero-order valence-electron chi connectivity index (χ0n) is 7.74. The van der Waals surface area contributed by atoms with E-state index in [2.05, 4.69) is 0 Å². The van der Waals surface area contributed by atoms with Crippen LogP contribution in [0.4, 0.5) is 0 Å². The molecule has 0 aliphatic rings. The maximum absolute atomic E-state index is 10.5. The lowest BCUT2D eigenvalue weighted by Crippen LogP contribution is -2.21. The van der Waals surface area contributed by atoms with Crippen LogP contribution in [0.1, 0.15) is 27.2 Å². The minimum atomic E-state index is -1.01. The van der Waals surface area contributed by atoms with Gasteiger partial charge in [0.05, 0.1) is 6.07 Å². The van der Waals surface area contributed by atoms with Crippen LogP contribution in [0.15, 0.2) is 0 Å². The lowest BCUT2D eigenvalue weighted by molar-refractivity contribution is -0.141. The first-order chi connectivity index (χ1) is 5.49. The fourth-order valence-corrected chi connectivity index (χ4v) is 1.31. The molecule has 0 fully saturated rings. The van der Waals surface area contributed by atoms with E-state index in [9.17, 15) is 4.79 Å². The van der Waals surface area contributed by atoms with Gasteiger partial charge in [0.15, 0.2) is 0 Å². The summed E-state index contributed by atoms with van der Waals surface area (Å²) in [5.74, 6) is -1.49. The quantitative estimate of drug-likeness (QED) is 0.699. The SMILES string of the molecule is CC(C)CC(C)C(C#N)C(=O)O. The molecule has 0 amide bonds. The van der Waals surface area contributed by atoms with Crippen molar-refractivity contribution in [3.05, 3.63) is 0 Å². The fraction of sp³-hybridized carbons (Fsp3) is 0.778. The monoisotopic (exact) mass is 169 g/mol. The minimum absolute atomic E-state index is 0.0625. The summed E-state index contributed by atoms with van der Waals surface area (Å²) in [5.41, 5.74) is 0. The first-order valence-corrected chi connectivity index (χ1v) is 4.11. The third-order valence-corrected chi connectivity index (χ3v) is 1.82. The molecule has 0 aromatic rings. The van der Waals surface area contributed by atoms with E-state index in [-0.39, 0.29) is 5.92 Å². The predicted octanol–water partition coefficient (Wildman–Crippen LogP) is 1.89. The standard InChI is InChI=1S/C9H15NO2/c1-6(2)4-7(3)8(5-10)9(11)12/h6-8H,4H2,1-3H3,(H,11,12). The Morgan fingerprint density at radius 3 is 2.25 bits per heavy atom. The number of hydrogen-bond donors (Lipinski definition) is 1. The molecule has 0 saturated carbocycles. The van der Waals surface area contributed by atoms with Crippen molar-refractivity contribution in [1.29, 1.82) is 5.26 Å². The largest absolute Gasteiger partial charge is 0.480 e. The molecular formula is C9H15NO2. The highest BCUT2D eigenvalue weighted by Crippen LogP contribution is 2.19. The molecule has 0 heterocycles. The summed E-state index contributed by atoms with van der Waals surface area (Å²) in [7, 11) is 0. The molecule has 3 heteroatoms. The molecule has 0 saturated heterocycles. The summed E-state index contributed by atoms with van der Waals surface area (Å²) in [4.78, 5) is 10.5. The van der Waals surface area contributed by atoms with Crippen LogP contribution >= 0.6 is 0 Å². The third kappa shape index (κ3) is 3.38. The van der Waals surface area contributed by atoms with Gasteiger partial charge >= 0.3 is 5.97 Å². The Kier molecular flexibility index (Phi) is 4.35. The molecule has 12 heavy (non-hydrogen) atoms. The number of rotatable bonds is 4. The molecule has 2 atom stereocenters. The number of aliphatic carboxylic acids is 1. The molecule has 2 unspecified atom stereocenters. The Labute approximate surface area is 73.0 Å². The first kappa shape index (κ1) is 11.0. The van der Waals surface area contributed by atoms with Crippen molar-refractivity contribution < 1.29 is 9.90 Å². The normalized spacial score (nSPS) is 15.2. The number of carbonyl (C=O) groups is 1. The number of carboxylic acid groups (broad SMARTS) is 1. The number of carboxylic acids is 1. The smallest absolute Gasteiger partial charge is 0.321 e. The van der Waals surface area contributed by atoms with Gasteiger partial charge in [-0.05, 0) is 18.3 Å². The van der Waals surface area contributed by atoms with Gasteiger partial charge in [-0.1, -0.05) is 20.8 Å². The summed E-state index contributed by atoms with van der Waals surface area (Å²) in [6, 6.07) is 1.81. The molecule has 0 bridgehead atoms. The second-order valence-corrected chi connectivity index (χ2v) is 3.55. The predicted molar refractivity (Wildman–Crippen MR) is 45.4 cm³/mol. The number of nitriles is 1. The second-order valence-electron chi connectivity index (χ2n) is 3.55. The van der Waals surface area contributed by atoms with E-state index in [1.807, 2.05) is 26.8 Å². The lowest BCUT2D eigenvalue weighted by Gasteiger charge is -2.15. The molecule has 0 spiro atoms. The Morgan fingerprint density at radius 1 is 1.50 bits per heavy atom. The Morgan fingerprint density at radius 2 is 2.00 bits per heavy atom. The summed E-state index contributed by atoms with van der Waals surface area (Å²) < 4.78 is 0. The van der Waals surface area contributed by atoms with Gasteiger partial charge < -0.3 is 5.11 Å². The van der Waals surface area contributed by atoms with Gasteiger partial charge in [0.25, 0.3) is 0 Å². The van der Waals surface area contributed by atoms with Gasteiger partial charge in [0.2, 0.25) is 0 Å². The molecule has 0 aromatic heterocycles. The highest BCUT2D eigenvalue weighted by Gasteiger charge is 2.24. The van der Waals surface area contributed by atoms with Crippen LogP contribution in [0, 0.1) is 29.1 Å². The van der Waals surface area contributed by atoms with Gasteiger partial charge in [-0.2, -0.15) is 5.26 Å².